The zero-order chi connectivity index (χ0) is 15.1. The standard InChI is InChI=1S/C17H25N3S/c1-2-6-16(19-20-17(18)21)15-11-9-14(10-12-15)13-7-4-3-5-8-13/h9-13H,2-8H2,1H3,(H3,18,20,21)/b19-16+. The molecule has 1 aliphatic rings. The molecule has 0 aromatic heterocycles. The highest BCUT2D eigenvalue weighted by molar-refractivity contribution is 7.80. The molecule has 0 aliphatic heterocycles. The Morgan fingerprint density at radius 1 is 1.24 bits per heavy atom. The first-order valence-electron chi connectivity index (χ1n) is 7.93. The van der Waals surface area contributed by atoms with Crippen molar-refractivity contribution < 1.29 is 0 Å². The first kappa shape index (κ1) is 16.0. The maximum Gasteiger partial charge on any atom is 0.184 e. The van der Waals surface area contributed by atoms with Crippen LogP contribution in [0.2, 0.25) is 0 Å². The van der Waals surface area contributed by atoms with Gasteiger partial charge in [0.05, 0.1) is 5.71 Å². The zero-order valence-corrected chi connectivity index (χ0v) is 13.6. The average Bonchev–Trinajstić information content (AvgIpc) is 2.52. The van der Waals surface area contributed by atoms with E-state index in [0.29, 0.717) is 0 Å². The second-order valence-corrected chi connectivity index (χ2v) is 6.18. The topological polar surface area (TPSA) is 50.4 Å². The Labute approximate surface area is 133 Å². The van der Waals surface area contributed by atoms with Gasteiger partial charge in [-0.25, -0.2) is 0 Å². The van der Waals surface area contributed by atoms with Gasteiger partial charge in [0, 0.05) is 0 Å². The molecule has 21 heavy (non-hydrogen) atoms. The van der Waals surface area contributed by atoms with Crippen molar-refractivity contribution in [3.05, 3.63) is 35.4 Å². The molecule has 0 amide bonds. The van der Waals surface area contributed by atoms with Crippen LogP contribution in [0.3, 0.4) is 0 Å². The molecule has 0 heterocycles. The van der Waals surface area contributed by atoms with E-state index in [9.17, 15) is 0 Å². The zero-order valence-electron chi connectivity index (χ0n) is 12.8. The van der Waals surface area contributed by atoms with Crippen molar-refractivity contribution in [1.29, 1.82) is 0 Å². The Morgan fingerprint density at radius 2 is 1.90 bits per heavy atom. The molecule has 0 unspecified atom stereocenters. The van der Waals surface area contributed by atoms with Crippen molar-refractivity contribution in [3.63, 3.8) is 0 Å². The molecule has 0 spiro atoms. The molecule has 1 aromatic carbocycles. The number of hydrogen-bond donors (Lipinski definition) is 2. The van der Waals surface area contributed by atoms with Crippen molar-refractivity contribution in [1.82, 2.24) is 5.43 Å². The van der Waals surface area contributed by atoms with Crippen molar-refractivity contribution in [2.45, 2.75) is 57.8 Å². The molecule has 0 atom stereocenters. The molecule has 1 fully saturated rings. The van der Waals surface area contributed by atoms with Crippen molar-refractivity contribution in [2.24, 2.45) is 10.8 Å². The molecule has 3 N–H and O–H groups in total. The summed E-state index contributed by atoms with van der Waals surface area (Å²) in [7, 11) is 0. The van der Waals surface area contributed by atoms with Crippen LogP contribution in [0.1, 0.15) is 68.9 Å². The summed E-state index contributed by atoms with van der Waals surface area (Å²) in [6.07, 6.45) is 8.75. The van der Waals surface area contributed by atoms with Gasteiger partial charge in [0.25, 0.3) is 0 Å². The van der Waals surface area contributed by atoms with Gasteiger partial charge >= 0.3 is 0 Å². The van der Waals surface area contributed by atoms with E-state index < -0.39 is 0 Å². The maximum absolute atomic E-state index is 5.45. The second-order valence-electron chi connectivity index (χ2n) is 5.74. The summed E-state index contributed by atoms with van der Waals surface area (Å²) >= 11 is 4.81. The van der Waals surface area contributed by atoms with E-state index in [1.807, 2.05) is 0 Å². The average molecular weight is 303 g/mol. The van der Waals surface area contributed by atoms with E-state index in [0.717, 1.165) is 30.0 Å². The number of hydrazone groups is 1. The molecule has 0 radical (unpaired) electrons. The quantitative estimate of drug-likeness (QED) is 0.490. The van der Waals surface area contributed by atoms with Gasteiger partial charge in [-0.2, -0.15) is 5.10 Å². The van der Waals surface area contributed by atoms with E-state index in [4.69, 9.17) is 18.0 Å². The normalized spacial score (nSPS) is 16.7. The van der Waals surface area contributed by atoms with Crippen molar-refractivity contribution in [3.8, 4) is 0 Å². The molecule has 4 heteroatoms. The second kappa shape index (κ2) is 8.13. The van der Waals surface area contributed by atoms with Crippen LogP contribution in [-0.2, 0) is 0 Å². The van der Waals surface area contributed by atoms with Crippen LogP contribution >= 0.6 is 12.2 Å². The summed E-state index contributed by atoms with van der Waals surface area (Å²) in [6, 6.07) is 8.88. The van der Waals surface area contributed by atoms with Crippen LogP contribution < -0.4 is 11.2 Å². The number of nitrogens with two attached hydrogens (primary N) is 1. The van der Waals surface area contributed by atoms with E-state index in [1.165, 1.54) is 37.7 Å². The summed E-state index contributed by atoms with van der Waals surface area (Å²) < 4.78 is 0. The maximum atomic E-state index is 5.45. The third-order valence-electron chi connectivity index (χ3n) is 4.11. The third kappa shape index (κ3) is 4.81. The highest BCUT2D eigenvalue weighted by atomic mass is 32.1. The van der Waals surface area contributed by atoms with E-state index in [1.54, 1.807) is 0 Å². The number of rotatable bonds is 5. The lowest BCUT2D eigenvalue weighted by molar-refractivity contribution is 0.443. The largest absolute Gasteiger partial charge is 0.375 e. The number of thiocarbonyl (C=S) groups is 1. The molecule has 2 rings (SSSR count). The Morgan fingerprint density at radius 3 is 2.48 bits per heavy atom. The van der Waals surface area contributed by atoms with Crippen LogP contribution in [0.15, 0.2) is 29.4 Å². The predicted octanol–water partition coefficient (Wildman–Crippen LogP) is 4.07. The summed E-state index contributed by atoms with van der Waals surface area (Å²) in [5.74, 6) is 0.745. The number of benzene rings is 1. The highest BCUT2D eigenvalue weighted by Gasteiger charge is 2.15. The van der Waals surface area contributed by atoms with Crippen LogP contribution in [0.25, 0.3) is 0 Å². The van der Waals surface area contributed by atoms with Crippen LogP contribution in [-0.4, -0.2) is 10.8 Å². The molecular formula is C17H25N3S. The van der Waals surface area contributed by atoms with Gasteiger partial charge in [-0.1, -0.05) is 56.9 Å². The number of nitrogens with zero attached hydrogens (tertiary/aromatic N) is 1. The third-order valence-corrected chi connectivity index (χ3v) is 4.20. The summed E-state index contributed by atoms with van der Waals surface area (Å²) in [5.41, 5.74) is 11.8. The first-order valence-corrected chi connectivity index (χ1v) is 8.34. The monoisotopic (exact) mass is 303 g/mol. The van der Waals surface area contributed by atoms with Gasteiger partial charge in [-0.3, -0.25) is 5.43 Å². The van der Waals surface area contributed by atoms with Crippen LogP contribution in [0.4, 0.5) is 0 Å². The first-order chi connectivity index (χ1) is 10.2. The number of nitrogens with one attached hydrogen (secondary N) is 1. The van der Waals surface area contributed by atoms with Gasteiger partial charge in [0.2, 0.25) is 0 Å². The fourth-order valence-corrected chi connectivity index (χ4v) is 3.05. The molecule has 3 nitrogen and oxygen atoms in total. The molecule has 0 bridgehead atoms. The smallest absolute Gasteiger partial charge is 0.184 e. The summed E-state index contributed by atoms with van der Waals surface area (Å²) in [6.45, 7) is 2.15. The van der Waals surface area contributed by atoms with E-state index in [-0.39, 0.29) is 5.11 Å². The fraction of sp³-hybridized carbons (Fsp3) is 0.529. The summed E-state index contributed by atoms with van der Waals surface area (Å²) in [4.78, 5) is 0. The van der Waals surface area contributed by atoms with Crippen molar-refractivity contribution >= 4 is 23.0 Å². The molecular weight excluding hydrogens is 278 g/mol. The molecule has 1 aromatic rings. The van der Waals surface area contributed by atoms with Crippen LogP contribution in [0.5, 0.6) is 0 Å². The number of hydrogen-bond acceptors (Lipinski definition) is 2. The van der Waals surface area contributed by atoms with E-state index >= 15 is 0 Å². The molecule has 0 saturated heterocycles. The Hall–Kier alpha value is -1.42. The summed E-state index contributed by atoms with van der Waals surface area (Å²) in [5, 5.41) is 4.54. The lowest BCUT2D eigenvalue weighted by Gasteiger charge is -2.22. The minimum atomic E-state index is 0.211. The van der Waals surface area contributed by atoms with E-state index in [2.05, 4.69) is 41.7 Å². The molecule has 1 aliphatic carbocycles. The predicted molar refractivity (Wildman–Crippen MR) is 93.6 cm³/mol. The lowest BCUT2D eigenvalue weighted by atomic mass is 9.84. The SMILES string of the molecule is CCC/C(=N\NC(N)=S)c1ccc(C2CCCCC2)cc1. The van der Waals surface area contributed by atoms with Gasteiger partial charge in [-0.15, -0.1) is 0 Å². The Kier molecular flexibility index (Phi) is 6.18. The Bertz CT molecular complexity index is 487. The van der Waals surface area contributed by atoms with Crippen LogP contribution in [0, 0.1) is 0 Å². The minimum absolute atomic E-state index is 0.211. The van der Waals surface area contributed by atoms with Gasteiger partial charge in [0.1, 0.15) is 0 Å². The van der Waals surface area contributed by atoms with Gasteiger partial charge in [-0.05, 0) is 48.5 Å². The lowest BCUT2D eigenvalue weighted by Crippen LogP contribution is -2.25. The molecule has 1 saturated carbocycles. The van der Waals surface area contributed by atoms with Gasteiger partial charge in [0.15, 0.2) is 5.11 Å². The fourth-order valence-electron chi connectivity index (χ4n) is 3.01. The molecule has 114 valence electrons. The Balaban J connectivity index is 2.11. The highest BCUT2D eigenvalue weighted by Crippen LogP contribution is 2.32. The minimum Gasteiger partial charge on any atom is -0.375 e. The van der Waals surface area contributed by atoms with Crippen molar-refractivity contribution in [2.75, 3.05) is 0 Å². The van der Waals surface area contributed by atoms with Gasteiger partial charge < -0.3 is 5.73 Å².